The van der Waals surface area contributed by atoms with Gasteiger partial charge in [-0.25, -0.2) is 4.98 Å². The average molecular weight is 499 g/mol. The Morgan fingerprint density at radius 1 is 0.971 bits per heavy atom. The molecule has 4 rings (SSSR count). The topological polar surface area (TPSA) is 101 Å². The van der Waals surface area contributed by atoms with Crippen molar-refractivity contribution in [1.29, 1.82) is 0 Å². The summed E-state index contributed by atoms with van der Waals surface area (Å²) in [5.74, 6) is -0.464. The minimum atomic E-state index is -0.234. The van der Waals surface area contributed by atoms with Crippen LogP contribution in [0.2, 0.25) is 0 Å². The van der Waals surface area contributed by atoms with E-state index >= 15 is 0 Å². The lowest BCUT2D eigenvalue weighted by molar-refractivity contribution is -0.121. The average Bonchev–Trinajstić information content (AvgIpc) is 3.56. The first-order valence-corrected chi connectivity index (χ1v) is 12.9. The van der Waals surface area contributed by atoms with Crippen LogP contribution in [0.25, 0.3) is 11.3 Å². The number of benzene rings is 1. The summed E-state index contributed by atoms with van der Waals surface area (Å²) >= 11 is 2.99. The molecule has 3 heterocycles. The summed E-state index contributed by atoms with van der Waals surface area (Å²) in [6.45, 7) is 3.38. The molecule has 2 N–H and O–H groups in total. The second-order valence-corrected chi connectivity index (χ2v) is 9.52. The van der Waals surface area contributed by atoms with Crippen molar-refractivity contribution in [1.82, 2.24) is 10.3 Å². The molecule has 1 aliphatic rings. The molecule has 0 radical (unpaired) electrons. The molecule has 0 aliphatic carbocycles. The van der Waals surface area contributed by atoms with Crippen LogP contribution in [0.1, 0.15) is 28.9 Å². The van der Waals surface area contributed by atoms with Gasteiger partial charge in [-0.15, -0.1) is 22.7 Å². The van der Waals surface area contributed by atoms with Crippen molar-refractivity contribution in [3.8, 4) is 11.3 Å². The van der Waals surface area contributed by atoms with Crippen LogP contribution in [0.4, 0.5) is 10.8 Å². The van der Waals surface area contributed by atoms with Gasteiger partial charge in [-0.3, -0.25) is 14.4 Å². The minimum Gasteiger partial charge on any atom is -0.378 e. The molecule has 178 valence electrons. The van der Waals surface area contributed by atoms with Crippen molar-refractivity contribution in [2.24, 2.45) is 0 Å². The normalized spacial score (nSPS) is 13.5. The van der Waals surface area contributed by atoms with E-state index in [1.807, 2.05) is 41.1 Å². The third kappa shape index (κ3) is 6.72. The van der Waals surface area contributed by atoms with Gasteiger partial charge in [-0.05, 0) is 23.6 Å². The first-order chi connectivity index (χ1) is 16.6. The number of morpholine rings is 1. The van der Waals surface area contributed by atoms with Crippen LogP contribution in [-0.4, -0.2) is 55.4 Å². The Hall–Kier alpha value is -3.08. The lowest BCUT2D eigenvalue weighted by Crippen LogP contribution is -2.36. The Labute approximate surface area is 206 Å². The summed E-state index contributed by atoms with van der Waals surface area (Å²) in [6.07, 6.45) is 0.433. The molecule has 0 spiro atoms. The van der Waals surface area contributed by atoms with E-state index < -0.39 is 0 Å². The standard InChI is InChI=1S/C24H26N4O4S2/c29-20(21-2-1-15-33-21)7-8-22(30)25-10-9-23(31)26-18-5-3-17(4-6-18)19-16-34-24(27-19)28-11-13-32-14-12-28/h1-6,15-16H,7-14H2,(H,25,30)(H,26,31). The van der Waals surface area contributed by atoms with Crippen molar-refractivity contribution in [2.45, 2.75) is 19.3 Å². The van der Waals surface area contributed by atoms with Crippen molar-refractivity contribution < 1.29 is 19.1 Å². The number of amides is 2. The van der Waals surface area contributed by atoms with E-state index in [4.69, 9.17) is 9.72 Å². The smallest absolute Gasteiger partial charge is 0.226 e. The highest BCUT2D eigenvalue weighted by Crippen LogP contribution is 2.28. The maximum Gasteiger partial charge on any atom is 0.226 e. The molecule has 1 aromatic carbocycles. The largest absolute Gasteiger partial charge is 0.378 e. The zero-order valence-corrected chi connectivity index (χ0v) is 20.3. The summed E-state index contributed by atoms with van der Waals surface area (Å²) in [6, 6.07) is 11.1. The van der Waals surface area contributed by atoms with Gasteiger partial charge in [0.1, 0.15) is 0 Å². The van der Waals surface area contributed by atoms with Gasteiger partial charge in [0, 0.05) is 55.5 Å². The highest BCUT2D eigenvalue weighted by molar-refractivity contribution is 7.14. The molecule has 10 heteroatoms. The third-order valence-electron chi connectivity index (χ3n) is 5.29. The van der Waals surface area contributed by atoms with Crippen LogP contribution in [0, 0.1) is 0 Å². The van der Waals surface area contributed by atoms with E-state index in [-0.39, 0.29) is 43.4 Å². The first-order valence-electron chi connectivity index (χ1n) is 11.1. The number of hydrogen-bond acceptors (Lipinski definition) is 8. The number of thiazole rings is 1. The highest BCUT2D eigenvalue weighted by Gasteiger charge is 2.15. The number of carbonyl (C=O) groups excluding carboxylic acids is 3. The summed E-state index contributed by atoms with van der Waals surface area (Å²) < 4.78 is 5.39. The van der Waals surface area contributed by atoms with Crippen molar-refractivity contribution in [3.63, 3.8) is 0 Å². The van der Waals surface area contributed by atoms with E-state index in [0.717, 1.165) is 42.7 Å². The molecule has 2 amide bonds. The molecule has 0 unspecified atom stereocenters. The number of ketones is 1. The van der Waals surface area contributed by atoms with Crippen LogP contribution in [0.15, 0.2) is 47.2 Å². The molecule has 0 atom stereocenters. The van der Waals surface area contributed by atoms with E-state index in [1.165, 1.54) is 11.3 Å². The Bertz CT molecular complexity index is 1110. The van der Waals surface area contributed by atoms with Crippen LogP contribution >= 0.6 is 22.7 Å². The fourth-order valence-electron chi connectivity index (χ4n) is 3.44. The van der Waals surface area contributed by atoms with E-state index in [1.54, 1.807) is 17.4 Å². The monoisotopic (exact) mass is 498 g/mol. The maximum absolute atomic E-state index is 12.2. The van der Waals surface area contributed by atoms with Crippen LogP contribution in [-0.2, 0) is 14.3 Å². The Kier molecular flexibility index (Phi) is 8.40. The maximum atomic E-state index is 12.2. The number of ether oxygens (including phenoxy) is 1. The summed E-state index contributed by atoms with van der Waals surface area (Å²) in [4.78, 5) is 43.7. The van der Waals surface area contributed by atoms with Gasteiger partial charge < -0.3 is 20.3 Å². The fraction of sp³-hybridized carbons (Fsp3) is 0.333. The SMILES string of the molecule is O=C(CCC(=O)c1cccs1)NCCC(=O)Nc1ccc(-c2csc(N3CCOCC3)n2)cc1. The van der Waals surface area contributed by atoms with Gasteiger partial charge in [-0.2, -0.15) is 0 Å². The van der Waals surface area contributed by atoms with Gasteiger partial charge in [0.2, 0.25) is 11.8 Å². The number of hydrogen-bond donors (Lipinski definition) is 2. The number of thiophene rings is 1. The molecule has 0 bridgehead atoms. The summed E-state index contributed by atoms with van der Waals surface area (Å²) in [7, 11) is 0. The Morgan fingerprint density at radius 3 is 2.50 bits per heavy atom. The zero-order chi connectivity index (χ0) is 23.8. The van der Waals surface area contributed by atoms with E-state index in [9.17, 15) is 14.4 Å². The van der Waals surface area contributed by atoms with Crippen molar-refractivity contribution in [3.05, 3.63) is 52.0 Å². The molecule has 1 saturated heterocycles. The Balaban J connectivity index is 1.18. The molecule has 0 saturated carbocycles. The second-order valence-electron chi connectivity index (χ2n) is 7.74. The van der Waals surface area contributed by atoms with Crippen molar-refractivity contribution in [2.75, 3.05) is 43.1 Å². The highest BCUT2D eigenvalue weighted by atomic mass is 32.1. The summed E-state index contributed by atoms with van der Waals surface area (Å²) in [5.41, 5.74) is 2.58. The molecule has 3 aromatic rings. The van der Waals surface area contributed by atoms with E-state index in [0.29, 0.717) is 10.6 Å². The van der Waals surface area contributed by atoms with Crippen molar-refractivity contribution >= 4 is 51.1 Å². The first kappa shape index (κ1) is 24.1. The quantitative estimate of drug-likeness (QED) is 0.412. The predicted octanol–water partition coefficient (Wildman–Crippen LogP) is 3.82. The number of nitrogens with one attached hydrogen (secondary N) is 2. The molecule has 34 heavy (non-hydrogen) atoms. The molecule has 8 nitrogen and oxygen atoms in total. The number of aromatic nitrogens is 1. The number of nitrogens with zero attached hydrogens (tertiary/aromatic N) is 2. The summed E-state index contributed by atoms with van der Waals surface area (Å²) in [5, 5.41) is 10.4. The molecule has 1 aliphatic heterocycles. The number of anilines is 2. The van der Waals surface area contributed by atoms with Gasteiger partial charge >= 0.3 is 0 Å². The third-order valence-corrected chi connectivity index (χ3v) is 7.10. The zero-order valence-electron chi connectivity index (χ0n) is 18.6. The van der Waals surface area contributed by atoms with Gasteiger partial charge in [-0.1, -0.05) is 18.2 Å². The van der Waals surface area contributed by atoms with Gasteiger partial charge in [0.05, 0.1) is 23.8 Å². The lowest BCUT2D eigenvalue weighted by Gasteiger charge is -2.26. The molecular weight excluding hydrogens is 472 g/mol. The molecule has 2 aromatic heterocycles. The number of rotatable bonds is 10. The molecule has 1 fully saturated rings. The Morgan fingerprint density at radius 2 is 1.76 bits per heavy atom. The lowest BCUT2D eigenvalue weighted by atomic mass is 10.1. The van der Waals surface area contributed by atoms with Crippen LogP contribution in [0.3, 0.4) is 0 Å². The van der Waals surface area contributed by atoms with Crippen LogP contribution in [0.5, 0.6) is 0 Å². The van der Waals surface area contributed by atoms with Gasteiger partial charge in [0.15, 0.2) is 10.9 Å². The molecular formula is C24H26N4O4S2. The fourth-order valence-corrected chi connectivity index (χ4v) is 5.02. The predicted molar refractivity (Wildman–Crippen MR) is 135 cm³/mol. The number of carbonyl (C=O) groups is 3. The van der Waals surface area contributed by atoms with E-state index in [2.05, 4.69) is 15.5 Å². The second kappa shape index (κ2) is 11.9. The number of Topliss-reactive ketones (excluding diaryl/α,β-unsaturated/α-hetero) is 1. The minimum absolute atomic E-state index is 0.0405. The van der Waals surface area contributed by atoms with Gasteiger partial charge in [0.25, 0.3) is 0 Å². The van der Waals surface area contributed by atoms with Crippen LogP contribution < -0.4 is 15.5 Å².